The SMILES string of the molecule is Cc1nc(-c2ccc(Cl)cc2)n(Cc2ccc(C#N)cc2)c(=O)c1CCO. The highest BCUT2D eigenvalue weighted by atomic mass is 35.5. The van der Waals surface area contributed by atoms with E-state index in [0.29, 0.717) is 34.2 Å². The number of aromatic nitrogens is 2. The Morgan fingerprint density at radius 2 is 1.81 bits per heavy atom. The first-order chi connectivity index (χ1) is 13.0. The molecule has 3 aromatic rings. The third-order valence-corrected chi connectivity index (χ3v) is 4.61. The molecule has 0 aliphatic rings. The Labute approximate surface area is 162 Å². The molecular weight excluding hydrogens is 362 g/mol. The van der Waals surface area contributed by atoms with Crippen LogP contribution in [0.3, 0.4) is 0 Å². The molecule has 1 N–H and O–H groups in total. The van der Waals surface area contributed by atoms with E-state index in [1.165, 1.54) is 0 Å². The van der Waals surface area contributed by atoms with Crippen LogP contribution in [0.25, 0.3) is 11.4 Å². The van der Waals surface area contributed by atoms with Gasteiger partial charge in [-0.15, -0.1) is 0 Å². The normalized spacial score (nSPS) is 10.6. The Morgan fingerprint density at radius 3 is 2.41 bits per heavy atom. The summed E-state index contributed by atoms with van der Waals surface area (Å²) in [7, 11) is 0. The molecule has 0 saturated heterocycles. The number of hydrogen-bond acceptors (Lipinski definition) is 4. The van der Waals surface area contributed by atoms with Gasteiger partial charge in [0.25, 0.3) is 5.56 Å². The van der Waals surface area contributed by atoms with Crippen LogP contribution in [-0.4, -0.2) is 21.3 Å². The lowest BCUT2D eigenvalue weighted by Crippen LogP contribution is -2.29. The molecule has 0 atom stereocenters. The van der Waals surface area contributed by atoms with Gasteiger partial charge in [-0.25, -0.2) is 4.98 Å². The van der Waals surface area contributed by atoms with Crippen molar-refractivity contribution in [2.75, 3.05) is 6.61 Å². The second kappa shape index (κ2) is 8.17. The maximum atomic E-state index is 13.1. The van der Waals surface area contributed by atoms with Crippen LogP contribution in [0.2, 0.25) is 5.02 Å². The molecule has 2 aromatic carbocycles. The number of aliphatic hydroxyl groups is 1. The number of aryl methyl sites for hydroxylation is 1. The van der Waals surface area contributed by atoms with Gasteiger partial charge in [0.15, 0.2) is 0 Å². The zero-order valence-electron chi connectivity index (χ0n) is 14.8. The summed E-state index contributed by atoms with van der Waals surface area (Å²) in [5.74, 6) is 0.542. The molecular formula is C21H18ClN3O2. The Kier molecular flexibility index (Phi) is 5.70. The molecule has 0 aliphatic carbocycles. The summed E-state index contributed by atoms with van der Waals surface area (Å²) >= 11 is 5.98. The summed E-state index contributed by atoms with van der Waals surface area (Å²) in [5.41, 5.74) is 3.16. The van der Waals surface area contributed by atoms with E-state index in [1.54, 1.807) is 35.8 Å². The standard InChI is InChI=1S/C21H18ClN3O2/c1-14-19(10-11-26)21(27)25(13-16-4-2-15(12-23)3-5-16)20(24-14)17-6-8-18(22)9-7-17/h2-9,26H,10-11,13H2,1H3. The van der Waals surface area contributed by atoms with Crippen LogP contribution in [0, 0.1) is 18.3 Å². The highest BCUT2D eigenvalue weighted by Gasteiger charge is 2.16. The van der Waals surface area contributed by atoms with E-state index >= 15 is 0 Å². The Bertz CT molecular complexity index is 1050. The van der Waals surface area contributed by atoms with E-state index in [0.717, 1.165) is 11.1 Å². The molecule has 0 fully saturated rings. The van der Waals surface area contributed by atoms with Crippen molar-refractivity contribution in [3.05, 3.63) is 86.3 Å². The molecule has 6 heteroatoms. The maximum Gasteiger partial charge on any atom is 0.257 e. The van der Waals surface area contributed by atoms with Crippen molar-refractivity contribution in [1.82, 2.24) is 9.55 Å². The predicted octanol–water partition coefficient (Wildman–Crippen LogP) is 3.33. The van der Waals surface area contributed by atoms with Gasteiger partial charge in [-0.05, 0) is 48.9 Å². The van der Waals surface area contributed by atoms with Crippen molar-refractivity contribution in [1.29, 1.82) is 5.26 Å². The highest BCUT2D eigenvalue weighted by Crippen LogP contribution is 2.21. The first-order valence-corrected chi connectivity index (χ1v) is 8.87. The van der Waals surface area contributed by atoms with E-state index in [4.69, 9.17) is 16.9 Å². The summed E-state index contributed by atoms with van der Waals surface area (Å²) in [6.45, 7) is 1.97. The number of aliphatic hydroxyl groups excluding tert-OH is 1. The molecule has 0 bridgehead atoms. The first-order valence-electron chi connectivity index (χ1n) is 8.49. The lowest BCUT2D eigenvalue weighted by Gasteiger charge is -2.16. The van der Waals surface area contributed by atoms with Crippen molar-refractivity contribution in [2.45, 2.75) is 19.9 Å². The quantitative estimate of drug-likeness (QED) is 0.737. The van der Waals surface area contributed by atoms with Crippen LogP contribution in [0.1, 0.15) is 22.4 Å². The van der Waals surface area contributed by atoms with Crippen LogP contribution in [0.5, 0.6) is 0 Å². The van der Waals surface area contributed by atoms with Gasteiger partial charge in [-0.1, -0.05) is 23.7 Å². The van der Waals surface area contributed by atoms with Gasteiger partial charge in [0.05, 0.1) is 18.2 Å². The largest absolute Gasteiger partial charge is 0.396 e. The minimum absolute atomic E-state index is 0.116. The molecule has 5 nitrogen and oxygen atoms in total. The Morgan fingerprint density at radius 1 is 1.15 bits per heavy atom. The lowest BCUT2D eigenvalue weighted by atomic mass is 10.1. The Balaban J connectivity index is 2.15. The van der Waals surface area contributed by atoms with Crippen LogP contribution in [0.15, 0.2) is 53.3 Å². The second-order valence-electron chi connectivity index (χ2n) is 6.18. The van der Waals surface area contributed by atoms with Crippen LogP contribution < -0.4 is 5.56 Å². The molecule has 1 heterocycles. The zero-order chi connectivity index (χ0) is 19.4. The average molecular weight is 380 g/mol. The molecule has 27 heavy (non-hydrogen) atoms. The summed E-state index contributed by atoms with van der Waals surface area (Å²) in [4.78, 5) is 17.7. The molecule has 1 aromatic heterocycles. The number of nitriles is 1. The van der Waals surface area contributed by atoms with Crippen molar-refractivity contribution >= 4 is 11.6 Å². The summed E-state index contributed by atoms with van der Waals surface area (Å²) in [5, 5.41) is 18.9. The first kappa shape index (κ1) is 18.8. The molecule has 0 radical (unpaired) electrons. The average Bonchev–Trinajstić information content (AvgIpc) is 2.68. The van der Waals surface area contributed by atoms with E-state index in [9.17, 15) is 9.90 Å². The molecule has 0 unspecified atom stereocenters. The van der Waals surface area contributed by atoms with Crippen molar-refractivity contribution in [3.8, 4) is 17.5 Å². The fraction of sp³-hybridized carbons (Fsp3) is 0.190. The third kappa shape index (κ3) is 4.08. The summed E-state index contributed by atoms with van der Waals surface area (Å²) in [6, 6.07) is 16.3. The minimum Gasteiger partial charge on any atom is -0.396 e. The van der Waals surface area contributed by atoms with Crippen LogP contribution in [0.4, 0.5) is 0 Å². The zero-order valence-corrected chi connectivity index (χ0v) is 15.6. The molecule has 0 spiro atoms. The van der Waals surface area contributed by atoms with Gasteiger partial charge in [0.1, 0.15) is 5.82 Å². The summed E-state index contributed by atoms with van der Waals surface area (Å²) < 4.78 is 1.60. The molecule has 0 amide bonds. The number of benzene rings is 2. The van der Waals surface area contributed by atoms with Crippen molar-refractivity contribution in [2.24, 2.45) is 0 Å². The second-order valence-corrected chi connectivity index (χ2v) is 6.62. The monoisotopic (exact) mass is 379 g/mol. The third-order valence-electron chi connectivity index (χ3n) is 4.36. The lowest BCUT2D eigenvalue weighted by molar-refractivity contribution is 0.298. The molecule has 3 rings (SSSR count). The number of nitrogens with zero attached hydrogens (tertiary/aromatic N) is 3. The maximum absolute atomic E-state index is 13.1. The van der Waals surface area contributed by atoms with Gasteiger partial charge in [-0.2, -0.15) is 5.26 Å². The smallest absolute Gasteiger partial charge is 0.257 e. The topological polar surface area (TPSA) is 78.9 Å². The van der Waals surface area contributed by atoms with Crippen LogP contribution in [-0.2, 0) is 13.0 Å². The van der Waals surface area contributed by atoms with Gasteiger partial charge < -0.3 is 5.11 Å². The molecule has 136 valence electrons. The van der Waals surface area contributed by atoms with Gasteiger partial charge in [0.2, 0.25) is 0 Å². The van der Waals surface area contributed by atoms with Gasteiger partial charge in [-0.3, -0.25) is 9.36 Å². The molecule has 0 aliphatic heterocycles. The Hall–Kier alpha value is -2.94. The number of rotatable bonds is 5. The fourth-order valence-electron chi connectivity index (χ4n) is 2.93. The van der Waals surface area contributed by atoms with Crippen molar-refractivity contribution < 1.29 is 5.11 Å². The van der Waals surface area contributed by atoms with E-state index in [-0.39, 0.29) is 18.6 Å². The van der Waals surface area contributed by atoms with Gasteiger partial charge in [0, 0.05) is 34.9 Å². The fourth-order valence-corrected chi connectivity index (χ4v) is 3.06. The van der Waals surface area contributed by atoms with E-state index < -0.39 is 0 Å². The molecule has 0 saturated carbocycles. The number of halogens is 1. The van der Waals surface area contributed by atoms with Crippen LogP contribution >= 0.6 is 11.6 Å². The summed E-state index contributed by atoms with van der Waals surface area (Å²) in [6.07, 6.45) is 0.256. The minimum atomic E-state index is -0.175. The predicted molar refractivity (Wildman–Crippen MR) is 105 cm³/mol. The van der Waals surface area contributed by atoms with E-state index in [2.05, 4.69) is 11.1 Å². The highest BCUT2D eigenvalue weighted by molar-refractivity contribution is 6.30. The number of hydrogen-bond donors (Lipinski definition) is 1. The van der Waals surface area contributed by atoms with E-state index in [1.807, 2.05) is 24.3 Å². The van der Waals surface area contributed by atoms with Gasteiger partial charge >= 0.3 is 0 Å². The van der Waals surface area contributed by atoms with Crippen molar-refractivity contribution in [3.63, 3.8) is 0 Å².